The van der Waals surface area contributed by atoms with Gasteiger partial charge in [-0.25, -0.2) is 0 Å². The van der Waals surface area contributed by atoms with E-state index in [4.69, 9.17) is 4.74 Å². The van der Waals surface area contributed by atoms with Crippen molar-refractivity contribution in [2.24, 2.45) is 15.0 Å². The summed E-state index contributed by atoms with van der Waals surface area (Å²) in [4.78, 5) is 45.5. The third-order valence-electron chi connectivity index (χ3n) is 6.51. The van der Waals surface area contributed by atoms with Gasteiger partial charge in [0.05, 0.1) is 31.1 Å². The van der Waals surface area contributed by atoms with E-state index in [9.17, 15) is 0 Å². The molecule has 16 nitrogen and oxygen atoms in total. The number of aromatic amines is 3. The fourth-order valence-electron chi connectivity index (χ4n) is 4.06. The number of rotatable bonds is 4. The van der Waals surface area contributed by atoms with Crippen LogP contribution in [0.4, 0.5) is 23.5 Å². The van der Waals surface area contributed by atoms with Gasteiger partial charge in [0.15, 0.2) is 0 Å². The maximum atomic E-state index is 5.25. The van der Waals surface area contributed by atoms with Crippen LogP contribution in [-0.4, -0.2) is 99.3 Å². The maximum Gasteiger partial charge on any atom is 0.110 e. The van der Waals surface area contributed by atoms with E-state index in [0.717, 1.165) is 37.9 Å². The molecule has 6 aromatic rings. The van der Waals surface area contributed by atoms with Crippen molar-refractivity contribution < 1.29 is 67.9 Å². The van der Waals surface area contributed by atoms with Crippen molar-refractivity contribution in [3.8, 4) is 0 Å². The minimum atomic E-state index is 0. The predicted octanol–water partition coefficient (Wildman–Crippen LogP) is 8.80. The minimum absolute atomic E-state index is 0. The Morgan fingerprint density at radius 2 is 0.879 bits per heavy atom. The van der Waals surface area contributed by atoms with Gasteiger partial charge in [-0.15, -0.1) is 0 Å². The summed E-state index contributed by atoms with van der Waals surface area (Å²) in [6, 6.07) is 26.4. The third-order valence-corrected chi connectivity index (χ3v) is 6.51. The Kier molecular flexibility index (Phi) is 61.2. The SMILES string of the molecule is CC.CC.CC.CC.CCC.CCC.CN=c1n[c-]nc(N2CCOCC2)[nH]1.CN=c1n[c-]nc(NC)[nH]1.CN=c1n[c-]nc(Nc2ccccc2)[nH]1.[W].[W].[W].c1ccc2ccccc2c1. The van der Waals surface area contributed by atoms with Crippen molar-refractivity contribution in [3.05, 3.63) is 115 Å². The summed E-state index contributed by atoms with van der Waals surface area (Å²) in [6.07, 6.45) is 10.0. The average Bonchev–Trinajstić information content (AvgIpc) is 3.38. The van der Waals surface area contributed by atoms with E-state index in [-0.39, 0.29) is 63.2 Å². The zero-order valence-electron chi connectivity index (χ0n) is 42.4. The van der Waals surface area contributed by atoms with Gasteiger partial charge in [0.1, 0.15) is 16.9 Å². The molecule has 1 saturated heterocycles. The molecule has 7 rings (SSSR count). The quantitative estimate of drug-likeness (QED) is 0.106. The van der Waals surface area contributed by atoms with Crippen molar-refractivity contribution in [3.63, 3.8) is 0 Å². The molecule has 0 atom stereocenters. The number of fused-ring (bicyclic) bond motifs is 1. The molecule has 5 N–H and O–H groups in total. The fraction of sp³-hybridized carbons (Fsp3) is 0.468. The second-order valence-electron chi connectivity index (χ2n) is 11.1. The summed E-state index contributed by atoms with van der Waals surface area (Å²) in [5.41, 5.74) is 2.49. The standard InChI is InChI=1S/C10H10N5.C10H8.C8H12N5O.C5H8N5.2C3H8.4C2H6.3W/c1-11-9-12-7-13-10(15-9)14-8-5-3-2-4-6-8;1-2-6-10-8-4-3-7-9(10)5-1;1-9-7-10-6-11-8(12-7)13-2-4-14-5-3-13;1-6-4-8-3-9-5(7-2)10-4;2*1-3-2;4*1-2;;;/h2-6H,1H3,(H2,11,12,13,14,15);1-8H;2-5H2,1H3,(H,9,10,11,12);1-2H3,(H2,6,7,8,9,10);2*3H2,1-2H3;4*1-2H3;;;/q-1;;2*-1;;;;;;;;;. The van der Waals surface area contributed by atoms with Gasteiger partial charge < -0.3 is 80.1 Å². The van der Waals surface area contributed by atoms with Crippen molar-refractivity contribution in [1.82, 2.24) is 44.9 Å². The van der Waals surface area contributed by atoms with Crippen LogP contribution in [0.15, 0.2) is 93.8 Å². The molecule has 0 aliphatic carbocycles. The van der Waals surface area contributed by atoms with Crippen molar-refractivity contribution in [2.75, 3.05) is 70.0 Å². The summed E-state index contributed by atoms with van der Waals surface area (Å²) in [7, 11) is 6.73. The van der Waals surface area contributed by atoms with Crippen LogP contribution in [0.3, 0.4) is 0 Å². The van der Waals surface area contributed by atoms with Gasteiger partial charge in [0.25, 0.3) is 0 Å². The fourth-order valence-corrected chi connectivity index (χ4v) is 4.06. The van der Waals surface area contributed by atoms with Crippen LogP contribution >= 0.6 is 0 Å². The van der Waals surface area contributed by atoms with E-state index >= 15 is 0 Å². The van der Waals surface area contributed by atoms with Gasteiger partial charge in [-0.3, -0.25) is 0 Å². The number of benzene rings is 3. The molecule has 0 amide bonds. The number of hydrogen-bond donors (Lipinski definition) is 5. The van der Waals surface area contributed by atoms with Crippen LogP contribution < -0.4 is 32.4 Å². The second-order valence-corrected chi connectivity index (χ2v) is 11.1. The van der Waals surface area contributed by atoms with Gasteiger partial charge in [-0.2, -0.15) is 0 Å². The van der Waals surface area contributed by atoms with Crippen LogP contribution in [0.25, 0.3) is 10.8 Å². The van der Waals surface area contributed by atoms with E-state index in [0.29, 0.717) is 28.8 Å². The Labute approximate surface area is 439 Å². The summed E-state index contributed by atoms with van der Waals surface area (Å²) in [5.74, 6) is 1.93. The van der Waals surface area contributed by atoms with Gasteiger partial charge in [0.2, 0.25) is 0 Å². The molecular formula is C47H78N15OW3-3. The Hall–Kier alpha value is -4.23. The first-order valence-corrected chi connectivity index (χ1v) is 22.0. The molecule has 3 aromatic heterocycles. The zero-order chi connectivity index (χ0) is 47.9. The third kappa shape index (κ3) is 36.0. The molecule has 1 aliphatic rings. The minimum Gasteiger partial charge on any atom is -0.411 e. The molecule has 66 heavy (non-hydrogen) atoms. The number of nitrogens with zero attached hydrogens (tertiary/aromatic N) is 10. The molecule has 0 spiro atoms. The molecule has 0 saturated carbocycles. The van der Waals surface area contributed by atoms with Crippen LogP contribution in [-0.2, 0) is 67.9 Å². The summed E-state index contributed by atoms with van der Waals surface area (Å²) >= 11 is 0. The molecular weight excluding hydrogens is 1340 g/mol. The van der Waals surface area contributed by atoms with E-state index in [1.807, 2.05) is 85.7 Å². The Bertz CT molecular complexity index is 2030. The Morgan fingerprint density at radius 3 is 1.27 bits per heavy atom. The van der Waals surface area contributed by atoms with Gasteiger partial charge in [0, 0.05) is 122 Å². The largest absolute Gasteiger partial charge is 0.411 e. The number of anilines is 4. The van der Waals surface area contributed by atoms with E-state index < -0.39 is 0 Å². The van der Waals surface area contributed by atoms with E-state index in [1.165, 1.54) is 23.6 Å². The van der Waals surface area contributed by atoms with Crippen molar-refractivity contribution >= 4 is 34.3 Å². The predicted molar refractivity (Wildman–Crippen MR) is 264 cm³/mol. The van der Waals surface area contributed by atoms with Crippen molar-refractivity contribution in [2.45, 2.75) is 95.9 Å². The van der Waals surface area contributed by atoms with Gasteiger partial charge >= 0.3 is 0 Å². The molecule has 4 heterocycles. The first-order chi connectivity index (χ1) is 30.9. The van der Waals surface area contributed by atoms with E-state index in [1.54, 1.807) is 28.2 Å². The number of H-pyrrole nitrogens is 3. The summed E-state index contributed by atoms with van der Waals surface area (Å²) < 4.78 is 5.25. The number of aromatic nitrogens is 9. The van der Waals surface area contributed by atoms with Crippen LogP contribution in [0.1, 0.15) is 95.9 Å². The molecule has 1 fully saturated rings. The second kappa shape index (κ2) is 55.1. The monoisotopic (exact) mass is 1420 g/mol. The van der Waals surface area contributed by atoms with Crippen LogP contribution in [0.5, 0.6) is 0 Å². The molecule has 3 aromatic carbocycles. The Morgan fingerprint density at radius 1 is 0.530 bits per heavy atom. The molecule has 1 aliphatic heterocycles. The number of morpholine rings is 1. The summed E-state index contributed by atoms with van der Waals surface area (Å²) in [5, 5.41) is 8.50. The molecule has 368 valence electrons. The number of hydrogen-bond acceptors (Lipinski definition) is 13. The number of ether oxygens (including phenoxy) is 1. The van der Waals surface area contributed by atoms with Gasteiger partial charge in [-0.05, 0) is 30.0 Å². The van der Waals surface area contributed by atoms with E-state index in [2.05, 4.69) is 171 Å². The topological polar surface area (TPSA) is 198 Å². The zero-order valence-corrected chi connectivity index (χ0v) is 51.2. The van der Waals surface area contributed by atoms with Crippen molar-refractivity contribution in [1.29, 1.82) is 0 Å². The molecule has 19 heteroatoms. The first kappa shape index (κ1) is 73.3. The van der Waals surface area contributed by atoms with Crippen LogP contribution in [0, 0.1) is 19.0 Å². The first-order valence-electron chi connectivity index (χ1n) is 22.0. The maximum absolute atomic E-state index is 5.25. The molecule has 0 radical (unpaired) electrons. The van der Waals surface area contributed by atoms with Crippen LogP contribution in [0.2, 0.25) is 0 Å². The normalized spacial score (nSPS) is 10.7. The smallest absolute Gasteiger partial charge is 0.110 e. The number of nitrogens with one attached hydrogen (secondary N) is 5. The van der Waals surface area contributed by atoms with Gasteiger partial charge in [-0.1, -0.05) is 163 Å². The number of para-hydroxylation sites is 1. The average molecular weight is 1420 g/mol. The Balaban J connectivity index is -0.000000165. The summed E-state index contributed by atoms with van der Waals surface area (Å²) in [6.45, 7) is 27.6. The molecule has 0 unspecified atom stereocenters. The molecule has 0 bridgehead atoms.